The van der Waals surface area contributed by atoms with Crippen LogP contribution in [0.3, 0.4) is 0 Å². The summed E-state index contributed by atoms with van der Waals surface area (Å²) in [6.07, 6.45) is 1.81. The first-order chi connectivity index (χ1) is 8.24. The van der Waals surface area contributed by atoms with Gasteiger partial charge in [0.1, 0.15) is 5.82 Å². The fraction of sp³-hybridized carbons (Fsp3) is 0.231. The molecule has 2 heterocycles. The molecule has 2 rings (SSSR count). The Morgan fingerprint density at radius 1 is 1.06 bits per heavy atom. The molecule has 0 unspecified atom stereocenters. The van der Waals surface area contributed by atoms with E-state index in [1.165, 1.54) is 0 Å². The Balaban J connectivity index is 1.96. The van der Waals surface area contributed by atoms with Gasteiger partial charge >= 0.3 is 0 Å². The van der Waals surface area contributed by atoms with E-state index < -0.39 is 0 Å². The van der Waals surface area contributed by atoms with E-state index in [2.05, 4.69) is 14.9 Å². The third-order valence-corrected chi connectivity index (χ3v) is 2.42. The van der Waals surface area contributed by atoms with Crippen LogP contribution >= 0.6 is 0 Å². The second-order valence-electron chi connectivity index (χ2n) is 4.05. The predicted octanol–water partition coefficient (Wildman–Crippen LogP) is 1.69. The third-order valence-electron chi connectivity index (χ3n) is 2.42. The van der Waals surface area contributed by atoms with Gasteiger partial charge in [-0.05, 0) is 31.3 Å². The summed E-state index contributed by atoms with van der Waals surface area (Å²) in [5.74, 6) is 0.564. The molecular formula is C13H16N4. The number of pyridine rings is 2. The maximum atomic E-state index is 5.64. The molecule has 0 saturated heterocycles. The van der Waals surface area contributed by atoms with Crippen LogP contribution in [-0.2, 0) is 13.1 Å². The number of nitrogens with zero attached hydrogens (tertiary/aromatic N) is 3. The van der Waals surface area contributed by atoms with Gasteiger partial charge in [-0.25, -0.2) is 4.98 Å². The second kappa shape index (κ2) is 5.41. The van der Waals surface area contributed by atoms with E-state index in [0.29, 0.717) is 5.82 Å². The summed E-state index contributed by atoms with van der Waals surface area (Å²) in [5, 5.41) is 0. The zero-order chi connectivity index (χ0) is 12.1. The number of rotatable bonds is 4. The van der Waals surface area contributed by atoms with Gasteiger partial charge in [0, 0.05) is 19.3 Å². The number of aromatic nitrogens is 2. The van der Waals surface area contributed by atoms with E-state index in [4.69, 9.17) is 5.73 Å². The first-order valence-corrected chi connectivity index (χ1v) is 5.54. The Bertz CT molecular complexity index is 470. The lowest BCUT2D eigenvalue weighted by molar-refractivity contribution is 0.311. The quantitative estimate of drug-likeness (QED) is 0.865. The Morgan fingerprint density at radius 3 is 2.53 bits per heavy atom. The molecule has 0 bridgehead atoms. The molecule has 0 aliphatic carbocycles. The number of anilines is 1. The highest BCUT2D eigenvalue weighted by Gasteiger charge is 2.03. The molecule has 0 fully saturated rings. The lowest BCUT2D eigenvalue weighted by Crippen LogP contribution is -2.18. The lowest BCUT2D eigenvalue weighted by atomic mass is 10.3. The van der Waals surface area contributed by atoms with Crippen LogP contribution in [0, 0.1) is 0 Å². The molecule has 2 N–H and O–H groups in total. The van der Waals surface area contributed by atoms with E-state index in [1.807, 2.05) is 43.6 Å². The SMILES string of the molecule is CN(Cc1ccccn1)Cc1cccc(N)n1. The predicted molar refractivity (Wildman–Crippen MR) is 68.1 cm³/mol. The first kappa shape index (κ1) is 11.5. The summed E-state index contributed by atoms with van der Waals surface area (Å²) in [7, 11) is 2.04. The maximum absolute atomic E-state index is 5.64. The highest BCUT2D eigenvalue weighted by atomic mass is 15.1. The number of nitrogen functional groups attached to an aromatic ring is 1. The van der Waals surface area contributed by atoms with Crippen molar-refractivity contribution < 1.29 is 0 Å². The zero-order valence-corrected chi connectivity index (χ0v) is 9.87. The van der Waals surface area contributed by atoms with Gasteiger partial charge in [-0.1, -0.05) is 12.1 Å². The Kier molecular flexibility index (Phi) is 3.67. The summed E-state index contributed by atoms with van der Waals surface area (Å²) in [6.45, 7) is 1.57. The molecule has 0 aromatic carbocycles. The van der Waals surface area contributed by atoms with Gasteiger partial charge in [0.05, 0.1) is 11.4 Å². The van der Waals surface area contributed by atoms with Gasteiger partial charge in [-0.15, -0.1) is 0 Å². The van der Waals surface area contributed by atoms with Crippen molar-refractivity contribution in [3.63, 3.8) is 0 Å². The smallest absolute Gasteiger partial charge is 0.123 e. The van der Waals surface area contributed by atoms with Crippen LogP contribution in [0.15, 0.2) is 42.6 Å². The fourth-order valence-electron chi connectivity index (χ4n) is 1.69. The molecule has 0 spiro atoms. The molecule has 0 radical (unpaired) electrons. The van der Waals surface area contributed by atoms with Crippen molar-refractivity contribution in [2.45, 2.75) is 13.1 Å². The molecule has 0 amide bonds. The molecule has 0 atom stereocenters. The zero-order valence-electron chi connectivity index (χ0n) is 9.87. The standard InChI is InChI=1S/C13H16N4/c1-17(9-11-5-2-3-8-15-11)10-12-6-4-7-13(14)16-12/h2-8H,9-10H2,1H3,(H2,14,16). The second-order valence-corrected chi connectivity index (χ2v) is 4.05. The topological polar surface area (TPSA) is 55.0 Å². The highest BCUT2D eigenvalue weighted by molar-refractivity contribution is 5.28. The largest absolute Gasteiger partial charge is 0.384 e. The Morgan fingerprint density at radius 2 is 1.82 bits per heavy atom. The number of hydrogen-bond donors (Lipinski definition) is 1. The molecule has 17 heavy (non-hydrogen) atoms. The highest BCUT2D eigenvalue weighted by Crippen LogP contribution is 2.06. The monoisotopic (exact) mass is 228 g/mol. The van der Waals surface area contributed by atoms with Gasteiger partial charge in [0.15, 0.2) is 0 Å². The Labute approximate surface area is 101 Å². The van der Waals surface area contributed by atoms with Crippen LogP contribution in [-0.4, -0.2) is 21.9 Å². The van der Waals surface area contributed by atoms with E-state index in [1.54, 1.807) is 6.07 Å². The minimum absolute atomic E-state index is 0.564. The normalized spacial score (nSPS) is 10.7. The van der Waals surface area contributed by atoms with E-state index in [0.717, 1.165) is 24.5 Å². The summed E-state index contributed by atoms with van der Waals surface area (Å²) < 4.78 is 0. The van der Waals surface area contributed by atoms with Crippen molar-refractivity contribution in [3.8, 4) is 0 Å². The van der Waals surface area contributed by atoms with Crippen molar-refractivity contribution in [2.24, 2.45) is 0 Å². The van der Waals surface area contributed by atoms with Crippen LogP contribution in [0.5, 0.6) is 0 Å². The molecule has 0 saturated carbocycles. The van der Waals surface area contributed by atoms with Crippen molar-refractivity contribution in [1.29, 1.82) is 0 Å². The molecule has 88 valence electrons. The third kappa shape index (κ3) is 3.53. The van der Waals surface area contributed by atoms with Crippen molar-refractivity contribution in [3.05, 3.63) is 54.0 Å². The minimum atomic E-state index is 0.564. The molecule has 0 aliphatic heterocycles. The van der Waals surface area contributed by atoms with Crippen LogP contribution in [0.25, 0.3) is 0 Å². The van der Waals surface area contributed by atoms with Gasteiger partial charge in [0.25, 0.3) is 0 Å². The van der Waals surface area contributed by atoms with Gasteiger partial charge in [-0.3, -0.25) is 9.88 Å². The first-order valence-electron chi connectivity index (χ1n) is 5.54. The van der Waals surface area contributed by atoms with E-state index >= 15 is 0 Å². The van der Waals surface area contributed by atoms with E-state index in [9.17, 15) is 0 Å². The van der Waals surface area contributed by atoms with Crippen LogP contribution < -0.4 is 5.73 Å². The number of nitrogens with two attached hydrogens (primary N) is 1. The molecule has 2 aromatic heterocycles. The average Bonchev–Trinajstić information content (AvgIpc) is 2.30. The fourth-order valence-corrected chi connectivity index (χ4v) is 1.69. The van der Waals surface area contributed by atoms with Crippen LogP contribution in [0.2, 0.25) is 0 Å². The summed E-state index contributed by atoms with van der Waals surface area (Å²) >= 11 is 0. The summed E-state index contributed by atoms with van der Waals surface area (Å²) in [4.78, 5) is 10.7. The van der Waals surface area contributed by atoms with Gasteiger partial charge in [0.2, 0.25) is 0 Å². The molecule has 0 aliphatic rings. The summed E-state index contributed by atoms with van der Waals surface area (Å²) in [6, 6.07) is 11.6. The average molecular weight is 228 g/mol. The lowest BCUT2D eigenvalue weighted by Gasteiger charge is -2.15. The van der Waals surface area contributed by atoms with Gasteiger partial charge < -0.3 is 5.73 Å². The summed E-state index contributed by atoms with van der Waals surface area (Å²) in [5.41, 5.74) is 7.67. The van der Waals surface area contributed by atoms with Crippen molar-refractivity contribution in [1.82, 2.24) is 14.9 Å². The molecule has 4 nitrogen and oxygen atoms in total. The van der Waals surface area contributed by atoms with E-state index in [-0.39, 0.29) is 0 Å². The Hall–Kier alpha value is -1.94. The van der Waals surface area contributed by atoms with Gasteiger partial charge in [-0.2, -0.15) is 0 Å². The van der Waals surface area contributed by atoms with Crippen LogP contribution in [0.4, 0.5) is 5.82 Å². The van der Waals surface area contributed by atoms with Crippen molar-refractivity contribution >= 4 is 5.82 Å². The minimum Gasteiger partial charge on any atom is -0.384 e. The van der Waals surface area contributed by atoms with Crippen LogP contribution in [0.1, 0.15) is 11.4 Å². The molecule has 2 aromatic rings. The molecular weight excluding hydrogens is 212 g/mol. The molecule has 4 heteroatoms. The maximum Gasteiger partial charge on any atom is 0.123 e. The van der Waals surface area contributed by atoms with Crippen molar-refractivity contribution in [2.75, 3.05) is 12.8 Å². The number of hydrogen-bond acceptors (Lipinski definition) is 4.